The van der Waals surface area contributed by atoms with Crippen LogP contribution in [0.2, 0.25) is 0 Å². The SMILES string of the molecule is CCNC1(C(=O)OC)CCCC1CCN1CCCCC1. The number of ether oxygens (including phenoxy) is 1. The normalized spacial score (nSPS) is 31.4. The zero-order chi connectivity index (χ0) is 14.4. The molecular formula is C16H30N2O2. The van der Waals surface area contributed by atoms with Crippen LogP contribution in [0, 0.1) is 5.92 Å². The van der Waals surface area contributed by atoms with Crippen molar-refractivity contribution in [3.8, 4) is 0 Å². The fraction of sp³-hybridized carbons (Fsp3) is 0.938. The largest absolute Gasteiger partial charge is 0.468 e. The van der Waals surface area contributed by atoms with Crippen molar-refractivity contribution in [3.05, 3.63) is 0 Å². The molecule has 2 aliphatic rings. The van der Waals surface area contributed by atoms with Crippen LogP contribution in [0.4, 0.5) is 0 Å². The summed E-state index contributed by atoms with van der Waals surface area (Å²) in [5.41, 5.74) is -0.417. The highest BCUT2D eigenvalue weighted by atomic mass is 16.5. The highest BCUT2D eigenvalue weighted by Gasteiger charge is 2.49. The van der Waals surface area contributed by atoms with Gasteiger partial charge in [0.1, 0.15) is 5.54 Å². The molecule has 0 amide bonds. The lowest BCUT2D eigenvalue weighted by Crippen LogP contribution is -2.55. The number of methoxy groups -OCH3 is 1. The van der Waals surface area contributed by atoms with Gasteiger partial charge in [-0.25, -0.2) is 0 Å². The van der Waals surface area contributed by atoms with Crippen LogP contribution in [0.3, 0.4) is 0 Å². The standard InChI is InChI=1S/C16H30N2O2/c1-3-17-16(15(19)20-2)10-7-8-14(16)9-13-18-11-5-4-6-12-18/h14,17H,3-13H2,1-2H3. The van der Waals surface area contributed by atoms with E-state index >= 15 is 0 Å². The van der Waals surface area contributed by atoms with Gasteiger partial charge < -0.3 is 15.0 Å². The maximum Gasteiger partial charge on any atom is 0.326 e. The predicted octanol–water partition coefficient (Wildman–Crippen LogP) is 2.18. The van der Waals surface area contributed by atoms with Gasteiger partial charge in [-0.2, -0.15) is 0 Å². The van der Waals surface area contributed by atoms with Gasteiger partial charge in [-0.15, -0.1) is 0 Å². The molecular weight excluding hydrogens is 252 g/mol. The third-order valence-corrected chi connectivity index (χ3v) is 5.10. The van der Waals surface area contributed by atoms with Crippen molar-refractivity contribution in [2.75, 3.05) is 33.3 Å². The maximum atomic E-state index is 12.3. The van der Waals surface area contributed by atoms with Crippen LogP contribution >= 0.6 is 0 Å². The summed E-state index contributed by atoms with van der Waals surface area (Å²) in [4.78, 5) is 14.9. The Balaban J connectivity index is 1.94. The van der Waals surface area contributed by atoms with Gasteiger partial charge in [0, 0.05) is 0 Å². The number of hydrogen-bond donors (Lipinski definition) is 1. The molecule has 0 spiro atoms. The lowest BCUT2D eigenvalue weighted by molar-refractivity contribution is -0.150. The summed E-state index contributed by atoms with van der Waals surface area (Å²) in [6.07, 6.45) is 8.37. The molecule has 0 radical (unpaired) electrons. The fourth-order valence-corrected chi connectivity index (χ4v) is 4.06. The molecule has 116 valence electrons. The summed E-state index contributed by atoms with van der Waals surface area (Å²) in [6, 6.07) is 0. The zero-order valence-electron chi connectivity index (χ0n) is 13.1. The molecule has 0 aromatic heterocycles. The summed E-state index contributed by atoms with van der Waals surface area (Å²) < 4.78 is 5.10. The van der Waals surface area contributed by atoms with E-state index in [0.717, 1.165) is 38.8 Å². The molecule has 1 N–H and O–H groups in total. The van der Waals surface area contributed by atoms with Gasteiger partial charge in [0.15, 0.2) is 0 Å². The fourth-order valence-electron chi connectivity index (χ4n) is 4.06. The summed E-state index contributed by atoms with van der Waals surface area (Å²) in [7, 11) is 1.52. The van der Waals surface area contributed by atoms with Gasteiger partial charge in [0.25, 0.3) is 0 Å². The Morgan fingerprint density at radius 2 is 2.05 bits per heavy atom. The number of likely N-dealkylation sites (tertiary alicyclic amines) is 1. The summed E-state index contributed by atoms with van der Waals surface area (Å²) in [5.74, 6) is 0.373. The Morgan fingerprint density at radius 1 is 1.30 bits per heavy atom. The first kappa shape index (κ1) is 15.8. The van der Waals surface area contributed by atoms with E-state index < -0.39 is 5.54 Å². The highest BCUT2D eigenvalue weighted by molar-refractivity contribution is 5.81. The van der Waals surface area contributed by atoms with Crippen molar-refractivity contribution < 1.29 is 9.53 Å². The number of carbonyl (C=O) groups excluding carboxylic acids is 1. The van der Waals surface area contributed by atoms with E-state index in [1.54, 1.807) is 0 Å². The third-order valence-electron chi connectivity index (χ3n) is 5.10. The van der Waals surface area contributed by atoms with Gasteiger partial charge in [-0.05, 0) is 64.2 Å². The lowest BCUT2D eigenvalue weighted by Gasteiger charge is -2.35. The van der Waals surface area contributed by atoms with E-state index in [4.69, 9.17) is 4.74 Å². The van der Waals surface area contributed by atoms with Crippen LogP contribution in [-0.2, 0) is 9.53 Å². The quantitative estimate of drug-likeness (QED) is 0.758. The van der Waals surface area contributed by atoms with E-state index in [-0.39, 0.29) is 5.97 Å². The number of likely N-dealkylation sites (N-methyl/N-ethyl adjacent to an activating group) is 1. The minimum atomic E-state index is -0.417. The van der Waals surface area contributed by atoms with Crippen LogP contribution in [-0.4, -0.2) is 49.7 Å². The molecule has 20 heavy (non-hydrogen) atoms. The van der Waals surface area contributed by atoms with E-state index in [2.05, 4.69) is 17.1 Å². The Labute approximate surface area is 123 Å². The number of hydrogen-bond acceptors (Lipinski definition) is 4. The Bertz CT molecular complexity index is 316. The van der Waals surface area contributed by atoms with Crippen molar-refractivity contribution >= 4 is 5.97 Å². The first-order valence-corrected chi connectivity index (χ1v) is 8.28. The first-order valence-electron chi connectivity index (χ1n) is 8.28. The second kappa shape index (κ2) is 7.41. The smallest absolute Gasteiger partial charge is 0.326 e. The van der Waals surface area contributed by atoms with Gasteiger partial charge in [-0.1, -0.05) is 19.8 Å². The molecule has 2 fully saturated rings. The summed E-state index contributed by atoms with van der Waals surface area (Å²) in [6.45, 7) is 6.51. The Hall–Kier alpha value is -0.610. The first-order chi connectivity index (χ1) is 9.73. The van der Waals surface area contributed by atoms with E-state index in [1.165, 1.54) is 39.5 Å². The second-order valence-electron chi connectivity index (χ2n) is 6.27. The lowest BCUT2D eigenvalue weighted by atomic mass is 9.84. The average Bonchev–Trinajstić information content (AvgIpc) is 2.89. The van der Waals surface area contributed by atoms with Crippen LogP contribution in [0.5, 0.6) is 0 Å². The van der Waals surface area contributed by atoms with E-state index in [0.29, 0.717) is 5.92 Å². The van der Waals surface area contributed by atoms with Gasteiger partial charge in [0.05, 0.1) is 7.11 Å². The van der Waals surface area contributed by atoms with Crippen molar-refractivity contribution in [2.45, 2.75) is 57.4 Å². The minimum absolute atomic E-state index is 0.0551. The van der Waals surface area contributed by atoms with Gasteiger partial charge in [-0.3, -0.25) is 4.79 Å². The molecule has 2 unspecified atom stereocenters. The molecule has 2 atom stereocenters. The van der Waals surface area contributed by atoms with E-state index in [9.17, 15) is 4.79 Å². The van der Waals surface area contributed by atoms with Gasteiger partial charge in [0.2, 0.25) is 0 Å². The van der Waals surface area contributed by atoms with Crippen molar-refractivity contribution in [3.63, 3.8) is 0 Å². The highest BCUT2D eigenvalue weighted by Crippen LogP contribution is 2.39. The Kier molecular flexibility index (Phi) is 5.85. The summed E-state index contributed by atoms with van der Waals surface area (Å²) in [5, 5.41) is 3.45. The molecule has 4 heteroatoms. The number of esters is 1. The molecule has 1 heterocycles. The van der Waals surface area contributed by atoms with Gasteiger partial charge >= 0.3 is 5.97 Å². The second-order valence-corrected chi connectivity index (χ2v) is 6.27. The molecule has 1 aliphatic carbocycles. The molecule has 4 nitrogen and oxygen atoms in total. The predicted molar refractivity (Wildman–Crippen MR) is 80.7 cm³/mol. The maximum absolute atomic E-state index is 12.3. The number of nitrogens with zero attached hydrogens (tertiary/aromatic N) is 1. The van der Waals surface area contributed by atoms with Crippen LogP contribution in [0.1, 0.15) is 51.9 Å². The van der Waals surface area contributed by atoms with Crippen LogP contribution < -0.4 is 5.32 Å². The molecule has 1 saturated carbocycles. The molecule has 2 rings (SSSR count). The van der Waals surface area contributed by atoms with Crippen molar-refractivity contribution in [2.24, 2.45) is 5.92 Å². The molecule has 1 saturated heterocycles. The number of nitrogens with one attached hydrogen (secondary N) is 1. The van der Waals surface area contributed by atoms with Crippen LogP contribution in [0.25, 0.3) is 0 Å². The minimum Gasteiger partial charge on any atom is -0.468 e. The van der Waals surface area contributed by atoms with Crippen molar-refractivity contribution in [1.29, 1.82) is 0 Å². The monoisotopic (exact) mass is 282 g/mol. The number of rotatable bonds is 6. The molecule has 0 aromatic carbocycles. The van der Waals surface area contributed by atoms with E-state index in [1.807, 2.05) is 0 Å². The average molecular weight is 282 g/mol. The third kappa shape index (κ3) is 3.34. The Morgan fingerprint density at radius 3 is 2.70 bits per heavy atom. The topological polar surface area (TPSA) is 41.6 Å². The molecule has 0 bridgehead atoms. The molecule has 0 aromatic rings. The molecule has 1 aliphatic heterocycles. The number of carbonyl (C=O) groups is 1. The summed E-state index contributed by atoms with van der Waals surface area (Å²) >= 11 is 0. The number of piperidine rings is 1. The van der Waals surface area contributed by atoms with Crippen LogP contribution in [0.15, 0.2) is 0 Å². The van der Waals surface area contributed by atoms with Crippen molar-refractivity contribution in [1.82, 2.24) is 10.2 Å². The zero-order valence-corrected chi connectivity index (χ0v) is 13.1.